The zero-order chi connectivity index (χ0) is 12.4. The van der Waals surface area contributed by atoms with Gasteiger partial charge in [0.1, 0.15) is 5.82 Å². The highest BCUT2D eigenvalue weighted by Gasteiger charge is 2.20. The van der Waals surface area contributed by atoms with E-state index in [9.17, 15) is 9.18 Å². The average Bonchev–Trinajstić information content (AvgIpc) is 2.74. The Balaban J connectivity index is 2.53. The minimum absolute atomic E-state index is 0.141. The monoisotopic (exact) mass is 253 g/mol. The molecule has 17 heavy (non-hydrogen) atoms. The van der Waals surface area contributed by atoms with Crippen LogP contribution in [0, 0.1) is 5.82 Å². The summed E-state index contributed by atoms with van der Waals surface area (Å²) in [6, 6.07) is 5.38. The molecule has 2 aromatic rings. The van der Waals surface area contributed by atoms with E-state index in [2.05, 4.69) is 4.98 Å². The van der Waals surface area contributed by atoms with Crippen molar-refractivity contribution in [2.45, 2.75) is 5.22 Å². The molecular weight excluding hydrogens is 245 g/mol. The third-order valence-electron chi connectivity index (χ3n) is 2.09. The summed E-state index contributed by atoms with van der Waals surface area (Å²) >= 11 is 1.20. The molecule has 0 aliphatic heterocycles. The van der Waals surface area contributed by atoms with Crippen LogP contribution < -0.4 is 0 Å². The first-order valence-electron chi connectivity index (χ1n) is 4.66. The number of oxazole rings is 1. The summed E-state index contributed by atoms with van der Waals surface area (Å²) in [5.74, 6) is -1.43. The van der Waals surface area contributed by atoms with Crippen molar-refractivity contribution in [3.8, 4) is 11.3 Å². The zero-order valence-electron chi connectivity index (χ0n) is 8.81. The Hall–Kier alpha value is -1.82. The van der Waals surface area contributed by atoms with E-state index in [-0.39, 0.29) is 16.7 Å². The second-order valence-electron chi connectivity index (χ2n) is 3.17. The second kappa shape index (κ2) is 4.58. The van der Waals surface area contributed by atoms with Crippen molar-refractivity contribution in [3.05, 3.63) is 35.8 Å². The van der Waals surface area contributed by atoms with Gasteiger partial charge in [-0.15, -0.1) is 0 Å². The number of rotatable bonds is 3. The number of hydrogen-bond acceptors (Lipinski definition) is 4. The summed E-state index contributed by atoms with van der Waals surface area (Å²) in [7, 11) is 0. The summed E-state index contributed by atoms with van der Waals surface area (Å²) < 4.78 is 18.1. The molecule has 0 unspecified atom stereocenters. The smallest absolute Gasteiger partial charge is 0.358 e. The Morgan fingerprint density at radius 2 is 2.06 bits per heavy atom. The number of nitrogens with zero attached hydrogens (tertiary/aromatic N) is 1. The molecule has 0 radical (unpaired) electrons. The number of carboxylic acid groups (broad SMARTS) is 1. The molecular formula is C11H8FNO3S. The van der Waals surface area contributed by atoms with Gasteiger partial charge in [-0.1, -0.05) is 11.8 Å². The topological polar surface area (TPSA) is 63.3 Å². The van der Waals surface area contributed by atoms with E-state index in [1.807, 2.05) is 0 Å². The molecule has 0 fully saturated rings. The van der Waals surface area contributed by atoms with Gasteiger partial charge in [0, 0.05) is 5.56 Å². The Morgan fingerprint density at radius 3 is 2.59 bits per heavy atom. The highest BCUT2D eigenvalue weighted by Crippen LogP contribution is 2.28. The van der Waals surface area contributed by atoms with E-state index in [0.717, 1.165) is 0 Å². The predicted molar refractivity (Wildman–Crippen MR) is 60.6 cm³/mol. The molecule has 0 amide bonds. The van der Waals surface area contributed by atoms with Gasteiger partial charge in [0.25, 0.3) is 5.22 Å². The molecule has 0 aliphatic carbocycles. The maximum Gasteiger partial charge on any atom is 0.358 e. The van der Waals surface area contributed by atoms with E-state index >= 15 is 0 Å². The summed E-state index contributed by atoms with van der Waals surface area (Å²) in [6.45, 7) is 0. The Morgan fingerprint density at radius 1 is 1.41 bits per heavy atom. The van der Waals surface area contributed by atoms with Crippen molar-refractivity contribution in [2.75, 3.05) is 6.26 Å². The van der Waals surface area contributed by atoms with Crippen LogP contribution in [0.1, 0.15) is 10.5 Å². The lowest BCUT2D eigenvalue weighted by Gasteiger charge is -1.97. The van der Waals surface area contributed by atoms with Gasteiger partial charge in [-0.2, -0.15) is 4.98 Å². The summed E-state index contributed by atoms with van der Waals surface area (Å²) in [5.41, 5.74) is 0.317. The number of halogens is 1. The first-order chi connectivity index (χ1) is 8.11. The maximum absolute atomic E-state index is 12.8. The molecule has 0 atom stereocenters. The van der Waals surface area contributed by atoms with Gasteiger partial charge in [-0.25, -0.2) is 9.18 Å². The van der Waals surface area contributed by atoms with Gasteiger partial charge in [0.2, 0.25) is 0 Å². The number of hydrogen-bond donors (Lipinski definition) is 1. The van der Waals surface area contributed by atoms with Gasteiger partial charge in [-0.3, -0.25) is 0 Å². The van der Waals surface area contributed by atoms with Crippen LogP contribution in [0.2, 0.25) is 0 Å². The van der Waals surface area contributed by atoms with Crippen LogP contribution in [0.25, 0.3) is 11.3 Å². The molecule has 6 heteroatoms. The first kappa shape index (κ1) is 11.7. The molecule has 2 rings (SSSR count). The van der Waals surface area contributed by atoms with Crippen LogP contribution in [0.4, 0.5) is 4.39 Å². The van der Waals surface area contributed by atoms with E-state index in [4.69, 9.17) is 9.52 Å². The van der Waals surface area contributed by atoms with Crippen molar-refractivity contribution in [1.29, 1.82) is 0 Å². The second-order valence-corrected chi connectivity index (χ2v) is 3.93. The van der Waals surface area contributed by atoms with Crippen molar-refractivity contribution in [3.63, 3.8) is 0 Å². The summed E-state index contributed by atoms with van der Waals surface area (Å²) in [6.07, 6.45) is 1.73. The SMILES string of the molecule is CSc1nc(C(=O)O)c(-c2ccc(F)cc2)o1. The fourth-order valence-corrected chi connectivity index (χ4v) is 1.68. The van der Waals surface area contributed by atoms with Gasteiger partial charge < -0.3 is 9.52 Å². The van der Waals surface area contributed by atoms with Gasteiger partial charge in [0.05, 0.1) is 0 Å². The van der Waals surface area contributed by atoms with E-state index in [1.165, 1.54) is 36.0 Å². The third-order valence-corrected chi connectivity index (χ3v) is 2.62. The highest BCUT2D eigenvalue weighted by molar-refractivity contribution is 7.98. The van der Waals surface area contributed by atoms with Crippen LogP contribution in [0.5, 0.6) is 0 Å². The first-order valence-corrected chi connectivity index (χ1v) is 5.88. The Kier molecular flexibility index (Phi) is 3.14. The van der Waals surface area contributed by atoms with Crippen LogP contribution in [-0.4, -0.2) is 22.3 Å². The van der Waals surface area contributed by atoms with Gasteiger partial charge in [-0.05, 0) is 30.5 Å². The number of thioether (sulfide) groups is 1. The molecule has 0 aliphatic rings. The molecule has 0 saturated heterocycles. The summed E-state index contributed by atoms with van der Waals surface area (Å²) in [4.78, 5) is 14.8. The lowest BCUT2D eigenvalue weighted by molar-refractivity contribution is 0.0691. The lowest BCUT2D eigenvalue weighted by Crippen LogP contribution is -1.98. The van der Waals surface area contributed by atoms with Crippen molar-refractivity contribution < 1.29 is 18.7 Å². The molecule has 88 valence electrons. The molecule has 1 heterocycles. The molecule has 1 N–H and O–H groups in total. The lowest BCUT2D eigenvalue weighted by atomic mass is 10.1. The zero-order valence-corrected chi connectivity index (χ0v) is 9.62. The molecule has 0 spiro atoms. The molecule has 1 aromatic heterocycles. The van der Waals surface area contributed by atoms with Crippen molar-refractivity contribution in [1.82, 2.24) is 4.98 Å². The molecule has 1 aromatic carbocycles. The molecule has 0 bridgehead atoms. The fraction of sp³-hybridized carbons (Fsp3) is 0.0909. The minimum atomic E-state index is -1.17. The van der Waals surface area contributed by atoms with Crippen LogP contribution >= 0.6 is 11.8 Å². The van der Waals surface area contributed by atoms with Crippen LogP contribution in [0.3, 0.4) is 0 Å². The van der Waals surface area contributed by atoms with Gasteiger partial charge in [0.15, 0.2) is 11.5 Å². The third kappa shape index (κ3) is 2.31. The fourth-order valence-electron chi connectivity index (χ4n) is 1.33. The summed E-state index contributed by atoms with van der Waals surface area (Å²) in [5, 5.41) is 9.25. The van der Waals surface area contributed by atoms with E-state index < -0.39 is 11.8 Å². The quantitative estimate of drug-likeness (QED) is 0.852. The predicted octanol–water partition coefficient (Wildman–Crippen LogP) is 2.90. The van der Waals surface area contributed by atoms with E-state index in [0.29, 0.717) is 5.56 Å². The van der Waals surface area contributed by atoms with E-state index in [1.54, 1.807) is 6.26 Å². The van der Waals surface area contributed by atoms with Crippen LogP contribution in [-0.2, 0) is 0 Å². The average molecular weight is 253 g/mol. The Bertz CT molecular complexity index is 550. The largest absolute Gasteiger partial charge is 0.476 e. The standard InChI is InChI=1S/C11H8FNO3S/c1-17-11-13-8(10(14)15)9(16-11)6-2-4-7(12)5-3-6/h2-5H,1H3,(H,14,15). The number of carboxylic acids is 1. The minimum Gasteiger partial charge on any atom is -0.476 e. The maximum atomic E-state index is 12.8. The number of aromatic nitrogens is 1. The Labute approximate surface area is 100 Å². The number of benzene rings is 1. The van der Waals surface area contributed by atoms with Crippen molar-refractivity contribution >= 4 is 17.7 Å². The van der Waals surface area contributed by atoms with Gasteiger partial charge >= 0.3 is 5.97 Å². The normalized spacial score (nSPS) is 10.5. The number of aromatic carboxylic acids is 1. The van der Waals surface area contributed by atoms with Crippen LogP contribution in [0.15, 0.2) is 33.9 Å². The molecule has 0 saturated carbocycles. The molecule has 4 nitrogen and oxygen atoms in total. The number of carbonyl (C=O) groups is 1. The highest BCUT2D eigenvalue weighted by atomic mass is 32.2. The van der Waals surface area contributed by atoms with Crippen molar-refractivity contribution in [2.24, 2.45) is 0 Å².